The molecule has 1 aromatic heterocycles. The smallest absolute Gasteiger partial charge is 0.252 e. The molecule has 0 unspecified atom stereocenters. The van der Waals surface area contributed by atoms with Crippen molar-refractivity contribution >= 4 is 37.3 Å². The molecule has 0 fully saturated rings. The molecule has 3 aromatic rings. The fourth-order valence-corrected chi connectivity index (χ4v) is 5.00. The average molecular weight is 433 g/mol. The predicted molar refractivity (Wildman–Crippen MR) is 110 cm³/mol. The minimum absolute atomic E-state index is 0.0442. The molecular weight excluding hydrogens is 412 g/mol. The molecule has 2 aromatic carbocycles. The Morgan fingerprint density at radius 2 is 1.79 bits per heavy atom. The molecule has 1 amide bonds. The van der Waals surface area contributed by atoms with Gasteiger partial charge >= 0.3 is 0 Å². The number of aryl methyl sites for hydroxylation is 1. The van der Waals surface area contributed by atoms with E-state index >= 15 is 0 Å². The van der Waals surface area contributed by atoms with Gasteiger partial charge < -0.3 is 14.0 Å². The van der Waals surface area contributed by atoms with Crippen LogP contribution in [-0.2, 0) is 28.1 Å². The van der Waals surface area contributed by atoms with Crippen molar-refractivity contribution in [2.45, 2.75) is 18.2 Å². The van der Waals surface area contributed by atoms with Crippen LogP contribution in [0.25, 0.3) is 10.2 Å². The number of nitrogens with zero attached hydrogens (tertiary/aromatic N) is 2. The summed E-state index contributed by atoms with van der Waals surface area (Å²) in [7, 11) is -1.40. The van der Waals surface area contributed by atoms with E-state index in [0.29, 0.717) is 29.5 Å². The standard InChI is InChI=1S/C20H20N2O5S2/c1-3-29(24,25)14-6-4-13(5-7-14)10-19(23)21-20-22(2)15-11-16-17(12-18(15)28-20)27-9-8-26-16/h4-7,11-12H,3,8-10H2,1-2H3. The van der Waals surface area contributed by atoms with Crippen molar-refractivity contribution in [3.63, 3.8) is 0 Å². The van der Waals surface area contributed by atoms with Crippen LogP contribution in [0, 0.1) is 0 Å². The van der Waals surface area contributed by atoms with E-state index in [4.69, 9.17) is 9.47 Å². The monoisotopic (exact) mass is 432 g/mol. The number of ether oxygens (including phenoxy) is 2. The molecule has 0 aliphatic carbocycles. The van der Waals surface area contributed by atoms with Gasteiger partial charge in [0.2, 0.25) is 0 Å². The number of fused-ring (bicyclic) bond motifs is 2. The van der Waals surface area contributed by atoms with Crippen LogP contribution in [0.1, 0.15) is 12.5 Å². The van der Waals surface area contributed by atoms with Crippen molar-refractivity contribution in [3.8, 4) is 11.5 Å². The maximum absolute atomic E-state index is 12.5. The molecule has 9 heteroatoms. The Morgan fingerprint density at radius 1 is 1.14 bits per heavy atom. The first-order chi connectivity index (χ1) is 13.9. The second kappa shape index (κ2) is 7.64. The lowest BCUT2D eigenvalue weighted by Gasteiger charge is -2.18. The van der Waals surface area contributed by atoms with Gasteiger partial charge in [-0.3, -0.25) is 4.79 Å². The van der Waals surface area contributed by atoms with Crippen LogP contribution in [0.2, 0.25) is 0 Å². The summed E-state index contributed by atoms with van der Waals surface area (Å²) in [6, 6.07) is 10.2. The van der Waals surface area contributed by atoms with Gasteiger partial charge in [-0.1, -0.05) is 30.4 Å². The number of amides is 1. The normalized spacial score (nSPS) is 14.3. The number of carbonyl (C=O) groups excluding carboxylic acids is 1. The SMILES string of the molecule is CCS(=O)(=O)c1ccc(CC(=O)N=c2sc3cc4c(cc3n2C)OCCO4)cc1. The van der Waals surface area contributed by atoms with Gasteiger partial charge in [0.05, 0.1) is 27.3 Å². The molecule has 0 spiro atoms. The van der Waals surface area contributed by atoms with E-state index in [1.807, 2.05) is 23.7 Å². The van der Waals surface area contributed by atoms with Crippen molar-refractivity contribution in [1.29, 1.82) is 0 Å². The van der Waals surface area contributed by atoms with Crippen molar-refractivity contribution in [3.05, 3.63) is 46.8 Å². The molecular formula is C20H20N2O5S2. The number of hydrogen-bond donors (Lipinski definition) is 0. The minimum atomic E-state index is -3.25. The Balaban J connectivity index is 1.60. The van der Waals surface area contributed by atoms with Crippen LogP contribution in [0.4, 0.5) is 0 Å². The Kier molecular flexibility index (Phi) is 5.18. The summed E-state index contributed by atoms with van der Waals surface area (Å²) >= 11 is 1.40. The fourth-order valence-electron chi connectivity index (χ4n) is 3.07. The zero-order chi connectivity index (χ0) is 20.6. The molecule has 29 heavy (non-hydrogen) atoms. The van der Waals surface area contributed by atoms with Gasteiger partial charge in [-0.15, -0.1) is 0 Å². The van der Waals surface area contributed by atoms with Gasteiger partial charge in [-0.05, 0) is 17.7 Å². The fraction of sp³-hybridized carbons (Fsp3) is 0.300. The van der Waals surface area contributed by atoms with Crippen LogP contribution in [-0.4, -0.2) is 37.9 Å². The lowest BCUT2D eigenvalue weighted by atomic mass is 10.1. The molecule has 0 N–H and O–H groups in total. The lowest BCUT2D eigenvalue weighted by molar-refractivity contribution is -0.117. The van der Waals surface area contributed by atoms with Gasteiger partial charge in [0, 0.05) is 19.2 Å². The molecule has 7 nitrogen and oxygen atoms in total. The highest BCUT2D eigenvalue weighted by atomic mass is 32.2. The Bertz CT molecular complexity index is 1250. The highest BCUT2D eigenvalue weighted by Crippen LogP contribution is 2.35. The topological polar surface area (TPSA) is 87.0 Å². The molecule has 0 radical (unpaired) electrons. The first kappa shape index (κ1) is 19.7. The summed E-state index contributed by atoms with van der Waals surface area (Å²) in [5, 5.41) is 0. The molecule has 1 aliphatic rings. The van der Waals surface area contributed by atoms with Crippen LogP contribution < -0.4 is 14.3 Å². The van der Waals surface area contributed by atoms with E-state index in [1.165, 1.54) is 23.5 Å². The van der Waals surface area contributed by atoms with Gasteiger partial charge in [0.1, 0.15) is 13.2 Å². The van der Waals surface area contributed by atoms with E-state index in [9.17, 15) is 13.2 Å². The molecule has 152 valence electrons. The third kappa shape index (κ3) is 3.92. The molecule has 0 saturated heterocycles. The van der Waals surface area contributed by atoms with Crippen molar-refractivity contribution in [2.75, 3.05) is 19.0 Å². The number of hydrogen-bond acceptors (Lipinski definition) is 6. The Labute approximate surface area is 172 Å². The highest BCUT2D eigenvalue weighted by Gasteiger charge is 2.16. The van der Waals surface area contributed by atoms with Gasteiger partial charge in [0.25, 0.3) is 5.91 Å². The predicted octanol–water partition coefficient (Wildman–Crippen LogP) is 2.47. The summed E-state index contributed by atoms with van der Waals surface area (Å²) < 4.78 is 37.8. The first-order valence-electron chi connectivity index (χ1n) is 9.16. The molecule has 2 heterocycles. The van der Waals surface area contributed by atoms with Gasteiger partial charge in [-0.2, -0.15) is 4.99 Å². The van der Waals surface area contributed by atoms with Crippen LogP contribution in [0.3, 0.4) is 0 Å². The van der Waals surface area contributed by atoms with Crippen LogP contribution >= 0.6 is 11.3 Å². The zero-order valence-corrected chi connectivity index (χ0v) is 17.7. The number of carbonyl (C=O) groups is 1. The van der Waals surface area contributed by atoms with Crippen LogP contribution in [0.5, 0.6) is 11.5 Å². The molecule has 1 aliphatic heterocycles. The summed E-state index contributed by atoms with van der Waals surface area (Å²) in [6.07, 6.45) is 0.101. The largest absolute Gasteiger partial charge is 0.486 e. The lowest BCUT2D eigenvalue weighted by Crippen LogP contribution is -2.16. The number of aromatic nitrogens is 1. The third-order valence-electron chi connectivity index (χ3n) is 4.71. The quantitative estimate of drug-likeness (QED) is 0.632. The zero-order valence-electron chi connectivity index (χ0n) is 16.0. The summed E-state index contributed by atoms with van der Waals surface area (Å²) in [5.41, 5.74) is 1.63. The Morgan fingerprint density at radius 3 is 2.45 bits per heavy atom. The minimum Gasteiger partial charge on any atom is -0.486 e. The van der Waals surface area contributed by atoms with Crippen molar-refractivity contribution in [1.82, 2.24) is 4.57 Å². The number of rotatable bonds is 4. The highest BCUT2D eigenvalue weighted by molar-refractivity contribution is 7.91. The maximum atomic E-state index is 12.5. The molecule has 4 rings (SSSR count). The van der Waals surface area contributed by atoms with E-state index in [0.717, 1.165) is 15.8 Å². The molecule has 0 saturated carbocycles. The number of sulfone groups is 1. The second-order valence-electron chi connectivity index (χ2n) is 6.64. The van der Waals surface area contributed by atoms with Gasteiger partial charge in [-0.25, -0.2) is 8.42 Å². The van der Waals surface area contributed by atoms with Crippen molar-refractivity contribution in [2.24, 2.45) is 12.0 Å². The average Bonchev–Trinajstić information content (AvgIpc) is 3.01. The summed E-state index contributed by atoms with van der Waals surface area (Å²) in [5.74, 6) is 1.14. The summed E-state index contributed by atoms with van der Waals surface area (Å²) in [4.78, 5) is 17.6. The first-order valence-corrected chi connectivity index (χ1v) is 11.6. The Hall–Kier alpha value is -2.65. The van der Waals surface area contributed by atoms with Gasteiger partial charge in [0.15, 0.2) is 26.1 Å². The molecule has 0 bridgehead atoms. The molecule has 0 atom stereocenters. The van der Waals surface area contributed by atoms with Crippen LogP contribution in [0.15, 0.2) is 46.3 Å². The maximum Gasteiger partial charge on any atom is 0.252 e. The van der Waals surface area contributed by atoms with E-state index in [-0.39, 0.29) is 23.0 Å². The number of thiazole rings is 1. The van der Waals surface area contributed by atoms with Crippen molar-refractivity contribution < 1.29 is 22.7 Å². The van der Waals surface area contributed by atoms with E-state index in [2.05, 4.69) is 4.99 Å². The second-order valence-corrected chi connectivity index (χ2v) is 9.92. The van der Waals surface area contributed by atoms with E-state index < -0.39 is 9.84 Å². The summed E-state index contributed by atoms with van der Waals surface area (Å²) in [6.45, 7) is 2.63. The number of benzene rings is 2. The third-order valence-corrected chi connectivity index (χ3v) is 7.56. The van der Waals surface area contributed by atoms with E-state index in [1.54, 1.807) is 19.1 Å².